The van der Waals surface area contributed by atoms with Gasteiger partial charge in [0.15, 0.2) is 11.0 Å². The van der Waals surface area contributed by atoms with Gasteiger partial charge in [-0.25, -0.2) is 0 Å². The largest absolute Gasteiger partial charge is 0.497 e. The van der Waals surface area contributed by atoms with E-state index in [2.05, 4.69) is 15.2 Å². The molecule has 0 radical (unpaired) electrons. The number of methoxy groups -OCH3 is 1. The monoisotopic (exact) mass is 438 g/mol. The topological polar surface area (TPSA) is 62.1 Å². The molecular formula is C22H19ClN4O2S. The van der Waals surface area contributed by atoms with Crippen LogP contribution in [0.25, 0.3) is 17.1 Å². The summed E-state index contributed by atoms with van der Waals surface area (Å²) < 4.78 is 13.1. The second-order valence-corrected chi connectivity index (χ2v) is 7.67. The van der Waals surface area contributed by atoms with Crippen molar-refractivity contribution >= 4 is 23.4 Å². The summed E-state index contributed by atoms with van der Waals surface area (Å²) in [6.45, 7) is 0.495. The molecule has 0 saturated heterocycles. The van der Waals surface area contributed by atoms with Gasteiger partial charge in [0.2, 0.25) is 0 Å². The maximum atomic E-state index is 6.15. The number of benzene rings is 2. The molecule has 0 aliphatic rings. The van der Waals surface area contributed by atoms with E-state index in [0.717, 1.165) is 28.0 Å². The molecule has 0 unspecified atom stereocenters. The molecule has 0 bridgehead atoms. The molecule has 8 heteroatoms. The van der Waals surface area contributed by atoms with E-state index < -0.39 is 0 Å². The summed E-state index contributed by atoms with van der Waals surface area (Å²) in [7, 11) is 1.65. The van der Waals surface area contributed by atoms with E-state index in [1.807, 2.05) is 65.2 Å². The van der Waals surface area contributed by atoms with Crippen LogP contribution in [0.5, 0.6) is 11.5 Å². The first-order valence-electron chi connectivity index (χ1n) is 9.26. The van der Waals surface area contributed by atoms with E-state index in [0.29, 0.717) is 23.1 Å². The Morgan fingerprint density at radius 2 is 1.73 bits per heavy atom. The molecule has 0 saturated carbocycles. The molecule has 0 aliphatic heterocycles. The zero-order valence-corrected chi connectivity index (χ0v) is 17.8. The molecule has 4 aromatic rings. The van der Waals surface area contributed by atoms with Crippen molar-refractivity contribution in [2.75, 3.05) is 19.5 Å². The third-order valence-corrected chi connectivity index (χ3v) is 5.52. The zero-order valence-electron chi connectivity index (χ0n) is 16.2. The number of thioether (sulfide) groups is 1. The van der Waals surface area contributed by atoms with Gasteiger partial charge in [0, 0.05) is 29.4 Å². The number of pyridine rings is 1. The van der Waals surface area contributed by atoms with Crippen molar-refractivity contribution in [1.82, 2.24) is 19.7 Å². The highest BCUT2D eigenvalue weighted by molar-refractivity contribution is 7.99. The van der Waals surface area contributed by atoms with E-state index in [9.17, 15) is 0 Å². The fraction of sp³-hybridized carbons (Fsp3) is 0.136. The van der Waals surface area contributed by atoms with Crippen molar-refractivity contribution in [3.63, 3.8) is 0 Å². The van der Waals surface area contributed by atoms with Crippen LogP contribution >= 0.6 is 23.4 Å². The molecule has 30 heavy (non-hydrogen) atoms. The number of nitrogens with zero attached hydrogens (tertiary/aromatic N) is 4. The number of hydrogen-bond donors (Lipinski definition) is 0. The maximum Gasteiger partial charge on any atom is 0.196 e. The molecule has 0 amide bonds. The maximum absolute atomic E-state index is 6.15. The molecule has 0 aliphatic carbocycles. The van der Waals surface area contributed by atoms with Crippen molar-refractivity contribution in [2.24, 2.45) is 0 Å². The Morgan fingerprint density at radius 1 is 0.967 bits per heavy atom. The third kappa shape index (κ3) is 4.58. The molecule has 4 rings (SSSR count). The number of para-hydroxylation sites is 1. The Labute approximate surface area is 183 Å². The van der Waals surface area contributed by atoms with Gasteiger partial charge in [0.25, 0.3) is 0 Å². The summed E-state index contributed by atoms with van der Waals surface area (Å²) in [6.07, 6.45) is 3.49. The molecule has 2 aromatic heterocycles. The minimum absolute atomic E-state index is 0.495. The standard InChI is InChI=1S/C22H19ClN4O2S/c1-28-18-8-6-17(7-9-18)27-21(16-10-12-24-13-11-16)25-26-22(27)30-15-14-29-20-5-3-2-4-19(20)23/h2-13H,14-15H2,1H3. The van der Waals surface area contributed by atoms with E-state index in [1.54, 1.807) is 31.3 Å². The van der Waals surface area contributed by atoms with E-state index >= 15 is 0 Å². The average Bonchev–Trinajstić information content (AvgIpc) is 3.22. The summed E-state index contributed by atoms with van der Waals surface area (Å²) in [5.74, 6) is 2.90. The molecule has 0 spiro atoms. The van der Waals surface area contributed by atoms with Crippen LogP contribution in [0, 0.1) is 0 Å². The highest BCUT2D eigenvalue weighted by Crippen LogP contribution is 2.29. The lowest BCUT2D eigenvalue weighted by molar-refractivity contribution is 0.344. The quantitative estimate of drug-likeness (QED) is 0.279. The van der Waals surface area contributed by atoms with Crippen molar-refractivity contribution in [2.45, 2.75) is 5.16 Å². The Balaban J connectivity index is 1.56. The Hall–Kier alpha value is -3.03. The van der Waals surface area contributed by atoms with Crippen LogP contribution in [0.15, 0.2) is 78.2 Å². The van der Waals surface area contributed by atoms with Gasteiger partial charge in [-0.1, -0.05) is 35.5 Å². The van der Waals surface area contributed by atoms with Crippen LogP contribution in [-0.4, -0.2) is 39.2 Å². The van der Waals surface area contributed by atoms with E-state index in [4.69, 9.17) is 21.1 Å². The molecule has 0 fully saturated rings. The smallest absolute Gasteiger partial charge is 0.196 e. The summed E-state index contributed by atoms with van der Waals surface area (Å²) in [4.78, 5) is 4.09. The first-order chi connectivity index (χ1) is 14.8. The second-order valence-electron chi connectivity index (χ2n) is 6.20. The number of aromatic nitrogens is 4. The predicted octanol–water partition coefficient (Wildman–Crippen LogP) is 5.16. The molecule has 0 N–H and O–H groups in total. The summed E-state index contributed by atoms with van der Waals surface area (Å²) in [5.41, 5.74) is 1.88. The van der Waals surface area contributed by atoms with Crippen LogP contribution in [0.4, 0.5) is 0 Å². The minimum Gasteiger partial charge on any atom is -0.497 e. The first kappa shape index (κ1) is 20.3. The number of ether oxygens (including phenoxy) is 2. The van der Waals surface area contributed by atoms with Gasteiger partial charge in [-0.05, 0) is 48.5 Å². The van der Waals surface area contributed by atoms with Gasteiger partial charge in [-0.3, -0.25) is 9.55 Å². The van der Waals surface area contributed by atoms with Gasteiger partial charge in [0.1, 0.15) is 11.5 Å². The van der Waals surface area contributed by atoms with Crippen LogP contribution < -0.4 is 9.47 Å². The predicted molar refractivity (Wildman–Crippen MR) is 119 cm³/mol. The van der Waals surface area contributed by atoms with Gasteiger partial charge in [0.05, 0.1) is 18.7 Å². The number of hydrogen-bond acceptors (Lipinski definition) is 6. The van der Waals surface area contributed by atoms with Gasteiger partial charge in [-0.2, -0.15) is 0 Å². The van der Waals surface area contributed by atoms with Crippen LogP contribution in [0.1, 0.15) is 0 Å². The summed E-state index contributed by atoms with van der Waals surface area (Å²) in [5, 5.41) is 10.2. The fourth-order valence-electron chi connectivity index (χ4n) is 2.86. The number of halogens is 1. The highest BCUT2D eigenvalue weighted by Gasteiger charge is 2.16. The van der Waals surface area contributed by atoms with E-state index in [-0.39, 0.29) is 0 Å². The Kier molecular flexibility index (Phi) is 6.51. The summed E-state index contributed by atoms with van der Waals surface area (Å²) >= 11 is 7.71. The molecular weight excluding hydrogens is 420 g/mol. The van der Waals surface area contributed by atoms with Crippen LogP contribution in [-0.2, 0) is 0 Å². The minimum atomic E-state index is 0.495. The molecule has 2 heterocycles. The normalized spacial score (nSPS) is 10.7. The molecule has 0 atom stereocenters. The lowest BCUT2D eigenvalue weighted by Gasteiger charge is -2.11. The van der Waals surface area contributed by atoms with Crippen molar-refractivity contribution in [3.8, 4) is 28.6 Å². The zero-order chi connectivity index (χ0) is 20.8. The van der Waals surface area contributed by atoms with Crippen molar-refractivity contribution < 1.29 is 9.47 Å². The third-order valence-electron chi connectivity index (χ3n) is 4.31. The Morgan fingerprint density at radius 3 is 2.47 bits per heavy atom. The average molecular weight is 439 g/mol. The number of rotatable bonds is 8. The van der Waals surface area contributed by atoms with Crippen LogP contribution in [0.3, 0.4) is 0 Å². The SMILES string of the molecule is COc1ccc(-n2c(SCCOc3ccccc3Cl)nnc2-c2ccncc2)cc1. The molecule has 2 aromatic carbocycles. The fourth-order valence-corrected chi connectivity index (χ4v) is 3.82. The van der Waals surface area contributed by atoms with Gasteiger partial charge in [-0.15, -0.1) is 10.2 Å². The van der Waals surface area contributed by atoms with Gasteiger partial charge >= 0.3 is 0 Å². The first-order valence-corrected chi connectivity index (χ1v) is 10.6. The molecule has 6 nitrogen and oxygen atoms in total. The lowest BCUT2D eigenvalue weighted by atomic mass is 10.2. The van der Waals surface area contributed by atoms with Gasteiger partial charge < -0.3 is 9.47 Å². The lowest BCUT2D eigenvalue weighted by Crippen LogP contribution is -2.04. The summed E-state index contributed by atoms with van der Waals surface area (Å²) in [6, 6.07) is 19.1. The Bertz CT molecular complexity index is 1100. The highest BCUT2D eigenvalue weighted by atomic mass is 35.5. The molecule has 152 valence electrons. The van der Waals surface area contributed by atoms with E-state index in [1.165, 1.54) is 0 Å². The second kappa shape index (κ2) is 9.65. The van der Waals surface area contributed by atoms with Crippen molar-refractivity contribution in [1.29, 1.82) is 0 Å². The van der Waals surface area contributed by atoms with Crippen LogP contribution in [0.2, 0.25) is 5.02 Å². The van der Waals surface area contributed by atoms with Crippen molar-refractivity contribution in [3.05, 3.63) is 78.1 Å².